The van der Waals surface area contributed by atoms with Crippen molar-refractivity contribution in [3.8, 4) is 0 Å². The quantitative estimate of drug-likeness (QED) is 0.743. The Labute approximate surface area is 128 Å². The van der Waals surface area contributed by atoms with Gasteiger partial charge in [0.1, 0.15) is 5.60 Å². The molecule has 3 atom stereocenters. The molecule has 1 saturated carbocycles. The molecule has 1 aliphatic carbocycles. The van der Waals surface area contributed by atoms with Gasteiger partial charge in [0.05, 0.1) is 0 Å². The van der Waals surface area contributed by atoms with Crippen molar-refractivity contribution in [2.75, 3.05) is 19.6 Å². The first-order chi connectivity index (χ1) is 9.94. The lowest BCUT2D eigenvalue weighted by molar-refractivity contribution is 0.0510. The number of hydrogen-bond acceptors (Lipinski definition) is 4. The van der Waals surface area contributed by atoms with E-state index in [0.29, 0.717) is 24.5 Å². The van der Waals surface area contributed by atoms with Crippen molar-refractivity contribution >= 4 is 6.09 Å². The minimum atomic E-state index is -0.427. The maximum absolute atomic E-state index is 11.8. The van der Waals surface area contributed by atoms with Crippen molar-refractivity contribution in [2.24, 2.45) is 5.92 Å². The highest BCUT2D eigenvalue weighted by atomic mass is 16.6. The molecule has 0 radical (unpaired) electrons. The van der Waals surface area contributed by atoms with Crippen LogP contribution in [0.5, 0.6) is 0 Å². The third kappa shape index (κ3) is 5.83. The second kappa shape index (κ2) is 7.45. The molecule has 2 aliphatic rings. The standard InChI is InChI=1S/C16H31N3O2/c1-16(2,3)21-15(20)18-10-12-6-4-5-7-14(12)19-13-8-9-17-11-13/h12-14,17,19H,4-11H2,1-3H3,(H,18,20). The van der Waals surface area contributed by atoms with E-state index in [1.165, 1.54) is 32.1 Å². The highest BCUT2D eigenvalue weighted by molar-refractivity contribution is 5.67. The van der Waals surface area contributed by atoms with Gasteiger partial charge in [-0.3, -0.25) is 0 Å². The SMILES string of the molecule is CC(C)(C)OC(=O)NCC1CCCCC1NC1CCNC1. The third-order valence-electron chi connectivity index (χ3n) is 4.33. The van der Waals surface area contributed by atoms with Crippen LogP contribution in [-0.4, -0.2) is 43.4 Å². The summed E-state index contributed by atoms with van der Waals surface area (Å²) in [7, 11) is 0. The summed E-state index contributed by atoms with van der Waals surface area (Å²) in [5, 5.41) is 10.1. The van der Waals surface area contributed by atoms with Gasteiger partial charge >= 0.3 is 6.09 Å². The minimum absolute atomic E-state index is 0.297. The molecule has 1 saturated heterocycles. The van der Waals surface area contributed by atoms with Gasteiger partial charge in [0.25, 0.3) is 0 Å². The zero-order valence-corrected chi connectivity index (χ0v) is 13.7. The van der Waals surface area contributed by atoms with Crippen LogP contribution in [0.15, 0.2) is 0 Å². The van der Waals surface area contributed by atoms with Crippen LogP contribution in [0.2, 0.25) is 0 Å². The zero-order chi connectivity index (χ0) is 15.3. The topological polar surface area (TPSA) is 62.4 Å². The van der Waals surface area contributed by atoms with Crippen molar-refractivity contribution in [2.45, 2.75) is 70.6 Å². The fourth-order valence-electron chi connectivity index (χ4n) is 3.30. The van der Waals surface area contributed by atoms with Crippen LogP contribution >= 0.6 is 0 Å². The largest absolute Gasteiger partial charge is 0.444 e. The van der Waals surface area contributed by atoms with E-state index in [1.54, 1.807) is 0 Å². The molecule has 2 rings (SSSR count). The molecule has 3 N–H and O–H groups in total. The predicted molar refractivity (Wildman–Crippen MR) is 84.4 cm³/mol. The number of rotatable bonds is 4. The molecule has 0 bridgehead atoms. The molecule has 1 aliphatic heterocycles. The molecule has 1 heterocycles. The summed E-state index contributed by atoms with van der Waals surface area (Å²) < 4.78 is 5.32. The lowest BCUT2D eigenvalue weighted by atomic mass is 9.84. The molecule has 5 heteroatoms. The van der Waals surface area contributed by atoms with Crippen molar-refractivity contribution in [1.82, 2.24) is 16.0 Å². The average molecular weight is 297 g/mol. The second-order valence-electron chi connectivity index (χ2n) is 7.39. The molecule has 1 amide bonds. The molecule has 5 nitrogen and oxygen atoms in total. The summed E-state index contributed by atoms with van der Waals surface area (Å²) in [4.78, 5) is 11.8. The Bertz CT molecular complexity index is 335. The van der Waals surface area contributed by atoms with Gasteiger partial charge in [-0.1, -0.05) is 12.8 Å². The van der Waals surface area contributed by atoms with Crippen LogP contribution in [-0.2, 0) is 4.74 Å². The van der Waals surface area contributed by atoms with E-state index in [-0.39, 0.29) is 6.09 Å². The van der Waals surface area contributed by atoms with E-state index < -0.39 is 5.60 Å². The summed E-state index contributed by atoms with van der Waals surface area (Å²) in [5.74, 6) is 0.520. The van der Waals surface area contributed by atoms with E-state index in [2.05, 4.69) is 16.0 Å². The highest BCUT2D eigenvalue weighted by Gasteiger charge is 2.28. The second-order valence-corrected chi connectivity index (χ2v) is 7.39. The van der Waals surface area contributed by atoms with E-state index in [9.17, 15) is 4.79 Å². The first-order valence-electron chi connectivity index (χ1n) is 8.37. The summed E-state index contributed by atoms with van der Waals surface area (Å²) >= 11 is 0. The Morgan fingerprint density at radius 3 is 2.67 bits per heavy atom. The molecule has 3 unspecified atom stereocenters. The van der Waals surface area contributed by atoms with Crippen molar-refractivity contribution in [1.29, 1.82) is 0 Å². The fraction of sp³-hybridized carbons (Fsp3) is 0.938. The molecular weight excluding hydrogens is 266 g/mol. The summed E-state index contributed by atoms with van der Waals surface area (Å²) in [6, 6.07) is 1.12. The summed E-state index contributed by atoms with van der Waals surface area (Å²) in [6.45, 7) is 8.58. The summed E-state index contributed by atoms with van der Waals surface area (Å²) in [6.07, 6.45) is 5.88. The smallest absolute Gasteiger partial charge is 0.407 e. The molecule has 2 fully saturated rings. The minimum Gasteiger partial charge on any atom is -0.444 e. The van der Waals surface area contributed by atoms with Gasteiger partial charge in [-0.05, 0) is 52.5 Å². The van der Waals surface area contributed by atoms with Crippen LogP contribution in [0.1, 0.15) is 52.9 Å². The van der Waals surface area contributed by atoms with Crippen LogP contribution in [0.4, 0.5) is 4.79 Å². The Balaban J connectivity index is 1.77. The predicted octanol–water partition coefficient (Wildman–Crippen LogP) is 2.02. The van der Waals surface area contributed by atoms with Gasteiger partial charge in [-0.25, -0.2) is 4.79 Å². The average Bonchev–Trinajstić information content (AvgIpc) is 2.88. The molecular formula is C16H31N3O2. The van der Waals surface area contributed by atoms with E-state index in [1.807, 2.05) is 20.8 Å². The van der Waals surface area contributed by atoms with Gasteiger partial charge in [0.15, 0.2) is 0 Å². The number of carbonyl (C=O) groups excluding carboxylic acids is 1. The van der Waals surface area contributed by atoms with Gasteiger partial charge in [0.2, 0.25) is 0 Å². The van der Waals surface area contributed by atoms with Gasteiger partial charge in [-0.2, -0.15) is 0 Å². The Kier molecular flexibility index (Phi) is 5.88. The van der Waals surface area contributed by atoms with Gasteiger partial charge in [0, 0.05) is 25.2 Å². The Morgan fingerprint density at radius 1 is 1.24 bits per heavy atom. The number of carbonyl (C=O) groups is 1. The number of nitrogens with one attached hydrogen (secondary N) is 3. The summed E-state index contributed by atoms with van der Waals surface area (Å²) in [5.41, 5.74) is -0.427. The van der Waals surface area contributed by atoms with Crippen LogP contribution in [0.25, 0.3) is 0 Å². The van der Waals surface area contributed by atoms with Gasteiger partial charge in [-0.15, -0.1) is 0 Å². The normalized spacial score (nSPS) is 30.1. The lowest BCUT2D eigenvalue weighted by Gasteiger charge is -2.34. The Morgan fingerprint density at radius 2 is 2.00 bits per heavy atom. The monoisotopic (exact) mass is 297 g/mol. The number of ether oxygens (including phenoxy) is 1. The maximum atomic E-state index is 11.8. The molecule has 0 aromatic rings. The van der Waals surface area contributed by atoms with E-state index in [0.717, 1.165) is 13.1 Å². The zero-order valence-electron chi connectivity index (χ0n) is 13.7. The number of amides is 1. The first-order valence-corrected chi connectivity index (χ1v) is 8.37. The van der Waals surface area contributed by atoms with Crippen LogP contribution in [0, 0.1) is 5.92 Å². The molecule has 21 heavy (non-hydrogen) atoms. The third-order valence-corrected chi connectivity index (χ3v) is 4.33. The van der Waals surface area contributed by atoms with Gasteiger partial charge < -0.3 is 20.7 Å². The van der Waals surface area contributed by atoms with E-state index >= 15 is 0 Å². The molecule has 0 aromatic heterocycles. The Hall–Kier alpha value is -0.810. The van der Waals surface area contributed by atoms with Crippen LogP contribution in [0.3, 0.4) is 0 Å². The van der Waals surface area contributed by atoms with Crippen molar-refractivity contribution in [3.63, 3.8) is 0 Å². The first kappa shape index (κ1) is 16.6. The number of alkyl carbamates (subject to hydrolysis) is 1. The molecule has 0 spiro atoms. The molecule has 0 aromatic carbocycles. The fourth-order valence-corrected chi connectivity index (χ4v) is 3.30. The van der Waals surface area contributed by atoms with Crippen molar-refractivity contribution < 1.29 is 9.53 Å². The number of hydrogen-bond donors (Lipinski definition) is 3. The highest BCUT2D eigenvalue weighted by Crippen LogP contribution is 2.25. The van der Waals surface area contributed by atoms with E-state index in [4.69, 9.17) is 4.74 Å². The lowest BCUT2D eigenvalue weighted by Crippen LogP contribution is -2.49. The molecule has 122 valence electrons. The maximum Gasteiger partial charge on any atom is 0.407 e. The van der Waals surface area contributed by atoms with Crippen molar-refractivity contribution in [3.05, 3.63) is 0 Å². The van der Waals surface area contributed by atoms with Crippen LogP contribution < -0.4 is 16.0 Å².